The monoisotopic (exact) mass is 268 g/mol. The SMILES string of the molecule is O=C(O)c1cc(NCC2CCC2)c(F)cc1[N+](=O)[O-]. The van der Waals surface area contributed by atoms with Crippen molar-refractivity contribution >= 4 is 17.3 Å². The lowest BCUT2D eigenvalue weighted by atomic mass is 9.85. The summed E-state index contributed by atoms with van der Waals surface area (Å²) in [5.41, 5.74) is -1.25. The van der Waals surface area contributed by atoms with Crippen LogP contribution in [0.25, 0.3) is 0 Å². The number of carboxylic acids is 1. The van der Waals surface area contributed by atoms with E-state index >= 15 is 0 Å². The zero-order valence-corrected chi connectivity index (χ0v) is 10.1. The highest BCUT2D eigenvalue weighted by Gasteiger charge is 2.24. The molecule has 1 aliphatic carbocycles. The highest BCUT2D eigenvalue weighted by Crippen LogP contribution is 2.29. The number of carbonyl (C=O) groups is 1. The Hall–Kier alpha value is -2.18. The Morgan fingerprint density at radius 3 is 2.68 bits per heavy atom. The van der Waals surface area contributed by atoms with E-state index in [-0.39, 0.29) is 5.69 Å². The zero-order valence-electron chi connectivity index (χ0n) is 10.1. The van der Waals surface area contributed by atoms with Gasteiger partial charge in [0, 0.05) is 6.54 Å². The Labute approximate surface area is 108 Å². The number of nitro groups is 1. The number of benzene rings is 1. The van der Waals surface area contributed by atoms with Gasteiger partial charge in [0.1, 0.15) is 5.56 Å². The first kappa shape index (κ1) is 13.3. The van der Waals surface area contributed by atoms with Crippen molar-refractivity contribution in [1.29, 1.82) is 0 Å². The lowest BCUT2D eigenvalue weighted by Crippen LogP contribution is -2.21. The number of aromatic carboxylic acids is 1. The number of hydrogen-bond donors (Lipinski definition) is 2. The zero-order chi connectivity index (χ0) is 14.0. The van der Waals surface area contributed by atoms with E-state index in [9.17, 15) is 19.3 Å². The molecule has 0 atom stereocenters. The van der Waals surface area contributed by atoms with Crippen molar-refractivity contribution in [1.82, 2.24) is 0 Å². The minimum absolute atomic E-state index is 0.00472. The second-order valence-corrected chi connectivity index (χ2v) is 4.59. The first-order valence-corrected chi connectivity index (χ1v) is 5.94. The largest absolute Gasteiger partial charge is 0.477 e. The van der Waals surface area contributed by atoms with Gasteiger partial charge in [0.25, 0.3) is 5.69 Å². The average Bonchev–Trinajstić information content (AvgIpc) is 2.27. The second kappa shape index (κ2) is 5.21. The minimum Gasteiger partial charge on any atom is -0.477 e. The molecule has 0 amide bonds. The number of nitro benzene ring substituents is 1. The molecule has 0 spiro atoms. The predicted molar refractivity (Wildman–Crippen MR) is 65.8 cm³/mol. The molecule has 0 radical (unpaired) electrons. The van der Waals surface area contributed by atoms with Gasteiger partial charge in [-0.05, 0) is 24.8 Å². The molecule has 1 aromatic carbocycles. The summed E-state index contributed by atoms with van der Waals surface area (Å²) >= 11 is 0. The van der Waals surface area contributed by atoms with Gasteiger partial charge >= 0.3 is 5.97 Å². The number of anilines is 1. The fourth-order valence-electron chi connectivity index (χ4n) is 1.97. The van der Waals surface area contributed by atoms with Gasteiger partial charge < -0.3 is 10.4 Å². The van der Waals surface area contributed by atoms with Crippen LogP contribution in [0.3, 0.4) is 0 Å². The molecule has 0 unspecified atom stereocenters. The molecule has 0 heterocycles. The topological polar surface area (TPSA) is 92.5 Å². The van der Waals surface area contributed by atoms with Gasteiger partial charge in [0.15, 0.2) is 5.82 Å². The molecular weight excluding hydrogens is 255 g/mol. The third-order valence-corrected chi connectivity index (χ3v) is 3.32. The maximum Gasteiger partial charge on any atom is 0.342 e. The summed E-state index contributed by atoms with van der Waals surface area (Å²) in [6, 6.07) is 1.63. The molecule has 1 aromatic rings. The number of hydrogen-bond acceptors (Lipinski definition) is 4. The van der Waals surface area contributed by atoms with Crippen LogP contribution in [-0.2, 0) is 0 Å². The van der Waals surface area contributed by atoms with Gasteiger partial charge in [0.05, 0.1) is 16.7 Å². The maximum atomic E-state index is 13.7. The van der Waals surface area contributed by atoms with E-state index < -0.39 is 28.0 Å². The summed E-state index contributed by atoms with van der Waals surface area (Å²) in [5.74, 6) is -1.79. The maximum absolute atomic E-state index is 13.7. The summed E-state index contributed by atoms with van der Waals surface area (Å²) in [7, 11) is 0. The van der Waals surface area contributed by atoms with E-state index in [0.717, 1.165) is 25.3 Å². The van der Waals surface area contributed by atoms with Crippen LogP contribution in [0, 0.1) is 21.8 Å². The van der Waals surface area contributed by atoms with Crippen LogP contribution in [0.5, 0.6) is 0 Å². The van der Waals surface area contributed by atoms with Crippen molar-refractivity contribution in [2.24, 2.45) is 5.92 Å². The van der Waals surface area contributed by atoms with Crippen molar-refractivity contribution in [2.75, 3.05) is 11.9 Å². The Morgan fingerprint density at radius 1 is 1.53 bits per heavy atom. The van der Waals surface area contributed by atoms with Crippen molar-refractivity contribution < 1.29 is 19.2 Å². The summed E-state index contributed by atoms with van der Waals surface area (Å²) < 4.78 is 13.7. The van der Waals surface area contributed by atoms with E-state index in [1.54, 1.807) is 0 Å². The lowest BCUT2D eigenvalue weighted by molar-refractivity contribution is -0.385. The highest BCUT2D eigenvalue weighted by molar-refractivity contribution is 5.93. The lowest BCUT2D eigenvalue weighted by Gasteiger charge is -2.26. The van der Waals surface area contributed by atoms with Gasteiger partial charge in [-0.1, -0.05) is 6.42 Å². The van der Waals surface area contributed by atoms with Gasteiger partial charge in [-0.2, -0.15) is 0 Å². The fraction of sp³-hybridized carbons (Fsp3) is 0.417. The molecule has 2 rings (SSSR count). The molecular formula is C12H13FN2O4. The van der Waals surface area contributed by atoms with Crippen LogP contribution >= 0.6 is 0 Å². The Kier molecular flexibility index (Phi) is 3.64. The van der Waals surface area contributed by atoms with E-state index in [1.807, 2.05) is 0 Å². The minimum atomic E-state index is -1.45. The van der Waals surface area contributed by atoms with Gasteiger partial charge in [-0.15, -0.1) is 0 Å². The quantitative estimate of drug-likeness (QED) is 0.632. The van der Waals surface area contributed by atoms with Crippen LogP contribution in [-0.4, -0.2) is 22.5 Å². The summed E-state index contributed by atoms with van der Waals surface area (Å²) in [6.45, 7) is 0.549. The third kappa shape index (κ3) is 2.81. The summed E-state index contributed by atoms with van der Waals surface area (Å²) in [5, 5.41) is 22.4. The Balaban J connectivity index is 2.25. The van der Waals surface area contributed by atoms with E-state index in [2.05, 4.69) is 5.32 Å². The van der Waals surface area contributed by atoms with Gasteiger partial charge in [-0.25, -0.2) is 9.18 Å². The normalized spacial score (nSPS) is 14.8. The summed E-state index contributed by atoms with van der Waals surface area (Å²) in [4.78, 5) is 20.7. The van der Waals surface area contributed by atoms with Crippen LogP contribution < -0.4 is 5.32 Å². The standard InChI is InChI=1S/C12H13FN2O4/c13-9-5-11(15(18)19)8(12(16)17)4-10(9)14-6-7-2-1-3-7/h4-5,7,14H,1-3,6H2,(H,16,17). The predicted octanol–water partition coefficient (Wildman–Crippen LogP) is 2.64. The van der Waals surface area contributed by atoms with Crippen LogP contribution in [0.1, 0.15) is 29.6 Å². The molecule has 0 aromatic heterocycles. The molecule has 0 aliphatic heterocycles. The fourth-order valence-corrected chi connectivity index (χ4v) is 1.97. The molecule has 0 bridgehead atoms. The number of nitrogens with one attached hydrogen (secondary N) is 1. The highest BCUT2D eigenvalue weighted by atomic mass is 19.1. The molecule has 19 heavy (non-hydrogen) atoms. The van der Waals surface area contributed by atoms with E-state index in [4.69, 9.17) is 5.11 Å². The molecule has 1 aliphatic rings. The number of rotatable bonds is 5. The van der Waals surface area contributed by atoms with Gasteiger partial charge in [0.2, 0.25) is 0 Å². The van der Waals surface area contributed by atoms with Crippen LogP contribution in [0.4, 0.5) is 15.8 Å². The molecule has 1 saturated carbocycles. The van der Waals surface area contributed by atoms with Crippen LogP contribution in [0.15, 0.2) is 12.1 Å². The van der Waals surface area contributed by atoms with Crippen molar-refractivity contribution in [3.63, 3.8) is 0 Å². The van der Waals surface area contributed by atoms with Crippen molar-refractivity contribution in [3.05, 3.63) is 33.6 Å². The molecule has 6 nitrogen and oxygen atoms in total. The summed E-state index contributed by atoms with van der Waals surface area (Å²) in [6.07, 6.45) is 3.27. The first-order valence-electron chi connectivity index (χ1n) is 5.94. The average molecular weight is 268 g/mol. The smallest absolute Gasteiger partial charge is 0.342 e. The Bertz CT molecular complexity index is 529. The number of nitrogens with zero attached hydrogens (tertiary/aromatic N) is 1. The molecule has 7 heteroatoms. The second-order valence-electron chi connectivity index (χ2n) is 4.59. The third-order valence-electron chi connectivity index (χ3n) is 3.32. The van der Waals surface area contributed by atoms with E-state index in [0.29, 0.717) is 18.5 Å². The molecule has 102 valence electrons. The molecule has 1 fully saturated rings. The molecule has 2 N–H and O–H groups in total. The van der Waals surface area contributed by atoms with Gasteiger partial charge in [-0.3, -0.25) is 10.1 Å². The van der Waals surface area contributed by atoms with E-state index in [1.165, 1.54) is 0 Å². The Morgan fingerprint density at radius 2 is 2.21 bits per heavy atom. The van der Waals surface area contributed by atoms with Crippen LogP contribution in [0.2, 0.25) is 0 Å². The number of carboxylic acid groups (broad SMARTS) is 1. The van der Waals surface area contributed by atoms with Crippen molar-refractivity contribution in [2.45, 2.75) is 19.3 Å². The molecule has 0 saturated heterocycles. The van der Waals surface area contributed by atoms with Crippen molar-refractivity contribution in [3.8, 4) is 0 Å². The number of halogens is 1. The first-order chi connectivity index (χ1) is 8.99.